The van der Waals surface area contributed by atoms with Crippen molar-refractivity contribution in [2.45, 2.75) is 11.4 Å². The SMILES string of the molecule is CN(Cc1ccc(N2CCOCC2)cc1)C(=O)c1ccc(S(=O)(=O)Nc2ccc(F)cc2)cc1. The highest BCUT2D eigenvalue weighted by Crippen LogP contribution is 2.20. The molecule has 7 nitrogen and oxygen atoms in total. The summed E-state index contributed by atoms with van der Waals surface area (Å²) in [6.07, 6.45) is 0. The summed E-state index contributed by atoms with van der Waals surface area (Å²) in [7, 11) is -2.15. The number of amides is 1. The molecule has 1 saturated heterocycles. The predicted molar refractivity (Wildman–Crippen MR) is 129 cm³/mol. The zero-order chi connectivity index (χ0) is 24.1. The molecule has 1 aliphatic rings. The van der Waals surface area contributed by atoms with Gasteiger partial charge in [-0.1, -0.05) is 12.1 Å². The summed E-state index contributed by atoms with van der Waals surface area (Å²) >= 11 is 0. The van der Waals surface area contributed by atoms with Gasteiger partial charge in [0.1, 0.15) is 5.82 Å². The first kappa shape index (κ1) is 23.7. The van der Waals surface area contributed by atoms with Crippen molar-refractivity contribution in [1.29, 1.82) is 0 Å². The van der Waals surface area contributed by atoms with Gasteiger partial charge in [0.15, 0.2) is 0 Å². The van der Waals surface area contributed by atoms with Crippen LogP contribution in [0, 0.1) is 5.82 Å². The van der Waals surface area contributed by atoms with Crippen LogP contribution >= 0.6 is 0 Å². The summed E-state index contributed by atoms with van der Waals surface area (Å²) in [4.78, 5) is 16.7. The van der Waals surface area contributed by atoms with Gasteiger partial charge in [0.05, 0.1) is 18.1 Å². The normalized spacial score (nSPS) is 14.0. The Kier molecular flexibility index (Phi) is 7.14. The average molecular weight is 484 g/mol. The number of benzene rings is 3. The maximum absolute atomic E-state index is 13.0. The Hall–Kier alpha value is -3.43. The van der Waals surface area contributed by atoms with Gasteiger partial charge in [-0.25, -0.2) is 12.8 Å². The molecule has 0 bridgehead atoms. The predicted octanol–water partition coefficient (Wildman–Crippen LogP) is 3.74. The maximum atomic E-state index is 13.0. The lowest BCUT2D eigenvalue weighted by Crippen LogP contribution is -2.36. The van der Waals surface area contributed by atoms with E-state index in [9.17, 15) is 17.6 Å². The number of carbonyl (C=O) groups is 1. The van der Waals surface area contributed by atoms with Gasteiger partial charge in [-0.05, 0) is 66.2 Å². The van der Waals surface area contributed by atoms with Crippen LogP contribution in [-0.4, -0.2) is 52.6 Å². The lowest BCUT2D eigenvalue weighted by molar-refractivity contribution is 0.0785. The van der Waals surface area contributed by atoms with Crippen molar-refractivity contribution >= 4 is 27.3 Å². The van der Waals surface area contributed by atoms with Crippen molar-refractivity contribution in [2.24, 2.45) is 0 Å². The quantitative estimate of drug-likeness (QED) is 0.554. The highest BCUT2D eigenvalue weighted by Gasteiger charge is 2.17. The number of carbonyl (C=O) groups excluding carboxylic acids is 1. The van der Waals surface area contributed by atoms with Gasteiger partial charge >= 0.3 is 0 Å². The number of halogens is 1. The Balaban J connectivity index is 1.38. The minimum absolute atomic E-state index is 0.00901. The first-order chi connectivity index (χ1) is 16.3. The fraction of sp³-hybridized carbons (Fsp3) is 0.240. The second kappa shape index (κ2) is 10.2. The summed E-state index contributed by atoms with van der Waals surface area (Å²) in [5.74, 6) is -0.671. The van der Waals surface area contributed by atoms with Crippen LogP contribution in [0.15, 0.2) is 77.7 Å². The van der Waals surface area contributed by atoms with E-state index < -0.39 is 15.8 Å². The van der Waals surface area contributed by atoms with Crippen LogP contribution in [0.5, 0.6) is 0 Å². The molecule has 34 heavy (non-hydrogen) atoms. The van der Waals surface area contributed by atoms with Crippen LogP contribution in [0.2, 0.25) is 0 Å². The van der Waals surface area contributed by atoms with E-state index in [0.29, 0.717) is 12.1 Å². The van der Waals surface area contributed by atoms with Gasteiger partial charge in [-0.2, -0.15) is 0 Å². The van der Waals surface area contributed by atoms with E-state index in [4.69, 9.17) is 4.74 Å². The first-order valence-corrected chi connectivity index (χ1v) is 12.4. The molecule has 9 heteroatoms. The molecule has 178 valence electrons. The molecule has 0 spiro atoms. The second-order valence-corrected chi connectivity index (χ2v) is 9.75. The molecule has 3 aromatic rings. The van der Waals surface area contributed by atoms with Crippen molar-refractivity contribution < 1.29 is 22.3 Å². The maximum Gasteiger partial charge on any atom is 0.261 e. The smallest absolute Gasteiger partial charge is 0.261 e. The van der Waals surface area contributed by atoms with Crippen molar-refractivity contribution in [3.63, 3.8) is 0 Å². The van der Waals surface area contributed by atoms with Gasteiger partial charge in [0, 0.05) is 43.6 Å². The molecule has 0 radical (unpaired) electrons. The van der Waals surface area contributed by atoms with Crippen LogP contribution in [0.25, 0.3) is 0 Å². The van der Waals surface area contributed by atoms with E-state index in [1.165, 1.54) is 48.5 Å². The van der Waals surface area contributed by atoms with Crippen LogP contribution in [0.3, 0.4) is 0 Å². The highest BCUT2D eigenvalue weighted by atomic mass is 32.2. The number of hydrogen-bond acceptors (Lipinski definition) is 5. The Bertz CT molecular complexity index is 1220. The lowest BCUT2D eigenvalue weighted by Gasteiger charge is -2.29. The summed E-state index contributed by atoms with van der Waals surface area (Å²) in [5, 5.41) is 0. The van der Waals surface area contributed by atoms with Crippen LogP contribution in [0.1, 0.15) is 15.9 Å². The fourth-order valence-electron chi connectivity index (χ4n) is 3.71. The number of hydrogen-bond donors (Lipinski definition) is 1. The van der Waals surface area contributed by atoms with E-state index in [2.05, 4.69) is 9.62 Å². The molecule has 1 amide bonds. The van der Waals surface area contributed by atoms with Gasteiger partial charge in [-0.15, -0.1) is 0 Å². The zero-order valence-corrected chi connectivity index (χ0v) is 19.6. The molecular weight excluding hydrogens is 457 g/mol. The molecule has 0 atom stereocenters. The van der Waals surface area contributed by atoms with E-state index in [1.54, 1.807) is 11.9 Å². The summed E-state index contributed by atoms with van der Waals surface area (Å²) in [6, 6.07) is 18.9. The molecule has 1 heterocycles. The molecule has 3 aromatic carbocycles. The van der Waals surface area contributed by atoms with Gasteiger partial charge in [-0.3, -0.25) is 9.52 Å². The number of morpholine rings is 1. The number of sulfonamides is 1. The number of ether oxygens (including phenoxy) is 1. The number of anilines is 2. The van der Waals surface area contributed by atoms with Gasteiger partial charge in [0.2, 0.25) is 0 Å². The van der Waals surface area contributed by atoms with E-state index in [1.807, 2.05) is 24.3 Å². The van der Waals surface area contributed by atoms with Crippen molar-refractivity contribution in [3.8, 4) is 0 Å². The standard InChI is InChI=1S/C25H26FN3O4S/c1-28(18-19-2-10-23(11-3-19)29-14-16-33-17-15-29)25(30)20-4-12-24(13-5-20)34(31,32)27-22-8-6-21(26)7-9-22/h2-13,27H,14-18H2,1H3. The number of nitrogens with zero attached hydrogens (tertiary/aromatic N) is 2. The third-order valence-electron chi connectivity index (χ3n) is 5.59. The van der Waals surface area contributed by atoms with Gasteiger partial charge in [0.25, 0.3) is 15.9 Å². The Labute approximate surface area is 198 Å². The minimum atomic E-state index is -3.86. The summed E-state index contributed by atoms with van der Waals surface area (Å²) in [6.45, 7) is 3.60. The van der Waals surface area contributed by atoms with Crippen molar-refractivity contribution in [1.82, 2.24) is 4.90 Å². The molecule has 4 rings (SSSR count). The third kappa shape index (κ3) is 5.73. The highest BCUT2D eigenvalue weighted by molar-refractivity contribution is 7.92. The fourth-order valence-corrected chi connectivity index (χ4v) is 4.77. The Morgan fingerprint density at radius 1 is 0.971 bits per heavy atom. The molecule has 0 aromatic heterocycles. The molecule has 0 unspecified atom stereocenters. The summed E-state index contributed by atoms with van der Waals surface area (Å²) in [5.41, 5.74) is 2.76. The van der Waals surface area contributed by atoms with Crippen molar-refractivity contribution in [2.75, 3.05) is 43.0 Å². The largest absolute Gasteiger partial charge is 0.378 e. The zero-order valence-electron chi connectivity index (χ0n) is 18.8. The molecule has 1 aliphatic heterocycles. The van der Waals surface area contributed by atoms with Crippen LogP contribution in [0.4, 0.5) is 15.8 Å². The van der Waals surface area contributed by atoms with Crippen LogP contribution < -0.4 is 9.62 Å². The number of rotatable bonds is 7. The molecule has 1 N–H and O–H groups in total. The third-order valence-corrected chi connectivity index (χ3v) is 6.98. The lowest BCUT2D eigenvalue weighted by atomic mass is 10.1. The minimum Gasteiger partial charge on any atom is -0.378 e. The summed E-state index contributed by atoms with van der Waals surface area (Å²) < 4.78 is 46.0. The molecular formula is C25H26FN3O4S. The molecule has 0 aliphatic carbocycles. The van der Waals surface area contributed by atoms with E-state index in [-0.39, 0.29) is 16.5 Å². The molecule has 1 fully saturated rings. The number of nitrogens with one attached hydrogen (secondary N) is 1. The second-order valence-electron chi connectivity index (χ2n) is 8.06. The monoisotopic (exact) mass is 483 g/mol. The van der Waals surface area contributed by atoms with Crippen molar-refractivity contribution in [3.05, 3.63) is 89.7 Å². The van der Waals surface area contributed by atoms with Crippen LogP contribution in [-0.2, 0) is 21.3 Å². The molecule has 0 saturated carbocycles. The first-order valence-electron chi connectivity index (χ1n) is 10.9. The Morgan fingerprint density at radius 2 is 1.59 bits per heavy atom. The Morgan fingerprint density at radius 3 is 2.21 bits per heavy atom. The van der Waals surface area contributed by atoms with E-state index in [0.717, 1.165) is 37.6 Å². The average Bonchev–Trinajstić information content (AvgIpc) is 2.86. The van der Waals surface area contributed by atoms with Gasteiger partial charge < -0.3 is 14.5 Å². The topological polar surface area (TPSA) is 79.0 Å². The van der Waals surface area contributed by atoms with E-state index >= 15 is 0 Å².